The number of hydrogen-bond donors (Lipinski definition) is 0. The van der Waals surface area contributed by atoms with Gasteiger partial charge in [0, 0.05) is 16.5 Å². The van der Waals surface area contributed by atoms with Crippen LogP contribution in [0.1, 0.15) is 0 Å². The van der Waals surface area contributed by atoms with Gasteiger partial charge >= 0.3 is 475 Å². The Morgan fingerprint density at radius 3 is 0.234 bits per heavy atom. The van der Waals surface area contributed by atoms with Crippen molar-refractivity contribution in [2.45, 2.75) is 0 Å². The van der Waals surface area contributed by atoms with Crippen LogP contribution in [0.25, 0.3) is 0 Å². The Labute approximate surface area is 486 Å². The van der Waals surface area contributed by atoms with Crippen molar-refractivity contribution in [3.8, 4) is 0 Å². The van der Waals surface area contributed by atoms with Crippen molar-refractivity contribution in [2.24, 2.45) is 0 Å². The predicted molar refractivity (Wildman–Crippen MR) is 342 cm³/mol. The average Bonchev–Trinajstić information content (AvgIpc) is 3.51. The summed E-state index contributed by atoms with van der Waals surface area (Å²) in [5.41, 5.74) is 0. The minimum atomic E-state index is -1.63. The molecule has 0 amide bonds. The van der Waals surface area contributed by atoms with Gasteiger partial charge < -0.3 is 0 Å². The summed E-state index contributed by atoms with van der Waals surface area (Å²) < 4.78 is 18.0. The van der Waals surface area contributed by atoms with Crippen LogP contribution in [0, 0.1) is 0 Å². The molecular weight excluding hydrogens is 1220 g/mol. The minimum absolute atomic E-state index is 0. The molecule has 12 aromatic carbocycles. The second-order valence-electron chi connectivity index (χ2n) is 17.9. The van der Waals surface area contributed by atoms with E-state index in [2.05, 4.69) is 364 Å². The Hall–Kier alpha value is -6.63. The number of benzene rings is 12. The van der Waals surface area contributed by atoms with Gasteiger partial charge in [0.25, 0.3) is 0 Å². The first kappa shape index (κ1) is 56.6. The van der Waals surface area contributed by atoms with Crippen LogP contribution in [-0.2, 0) is 16.5 Å². The van der Waals surface area contributed by atoms with Gasteiger partial charge in [-0.25, -0.2) is 0 Å². The van der Waals surface area contributed by atoms with E-state index in [0.29, 0.717) is 0 Å². The third-order valence-electron chi connectivity index (χ3n) is 12.7. The van der Waals surface area contributed by atoms with Crippen LogP contribution in [0.5, 0.6) is 0 Å². The van der Waals surface area contributed by atoms with E-state index in [9.17, 15) is 0 Å². The van der Waals surface area contributed by atoms with Crippen molar-refractivity contribution in [3.63, 3.8) is 0 Å². The Balaban J connectivity index is 0.000000135. The topological polar surface area (TPSA) is 0 Å². The Morgan fingerprint density at radius 1 is 0.104 bits per heavy atom. The second-order valence-corrected chi connectivity index (χ2v) is 38.7. The molecule has 0 bridgehead atoms. The Morgan fingerprint density at radius 2 is 0.169 bits per heavy atom. The van der Waals surface area contributed by atoms with Gasteiger partial charge in [0.1, 0.15) is 0 Å². The SMILES string of the molecule is [Ni].c1ccc([AsH](c2ccccc2)c2ccccc2)cc1.c1ccc([AsH](c2ccccc2)c2ccccc2)cc1.c1ccc([AsH](c2ccccc2)c2ccccc2)cc1.c1ccc([AsH](c2ccccc2)c2ccccc2)cc1. The van der Waals surface area contributed by atoms with Crippen molar-refractivity contribution in [2.75, 3.05) is 0 Å². The molecule has 0 N–H and O–H groups in total. The molecule has 0 spiro atoms. The van der Waals surface area contributed by atoms with E-state index >= 15 is 0 Å². The fourth-order valence-electron chi connectivity index (χ4n) is 9.26. The molecule has 0 atom stereocenters. The molecule has 0 heterocycles. The molecule has 0 aliphatic carbocycles. The molecular formula is C72H64As4Ni. The van der Waals surface area contributed by atoms with Gasteiger partial charge in [-0.2, -0.15) is 0 Å². The third kappa shape index (κ3) is 16.7. The summed E-state index contributed by atoms with van der Waals surface area (Å²) in [6, 6.07) is 131. The molecule has 0 aliphatic rings. The van der Waals surface area contributed by atoms with Gasteiger partial charge in [-0.3, -0.25) is 0 Å². The molecule has 0 nitrogen and oxygen atoms in total. The van der Waals surface area contributed by atoms with Crippen molar-refractivity contribution >= 4 is 111 Å². The van der Waals surface area contributed by atoms with Crippen LogP contribution in [0.4, 0.5) is 0 Å². The first-order valence-electron chi connectivity index (χ1n) is 25.9. The van der Waals surface area contributed by atoms with E-state index in [0.717, 1.165) is 0 Å². The molecule has 0 aliphatic heterocycles. The molecule has 0 unspecified atom stereocenters. The summed E-state index contributed by atoms with van der Waals surface area (Å²) in [5, 5.41) is 0. The molecule has 0 fully saturated rings. The first-order chi connectivity index (χ1) is 37.8. The van der Waals surface area contributed by atoms with Crippen LogP contribution in [0.2, 0.25) is 0 Å². The summed E-state index contributed by atoms with van der Waals surface area (Å²) in [5.74, 6) is 0. The monoisotopic (exact) mass is 1290 g/mol. The third-order valence-corrected chi connectivity index (χ3v) is 35.7. The molecule has 0 aromatic heterocycles. The molecule has 12 rings (SSSR count). The molecule has 5 heteroatoms. The standard InChI is InChI=1S/4C18H16As.Ni/c4*1-4-10-16(11-5-1)19(17-12-6-2-7-13-17)18-14-8-3-9-15-18;/h4*1-15,19H;. The van der Waals surface area contributed by atoms with Crippen LogP contribution in [-0.4, -0.2) is 58.6 Å². The zero-order chi connectivity index (χ0) is 51.7. The Bertz CT molecular complexity index is 2580. The van der Waals surface area contributed by atoms with Gasteiger partial charge in [-0.1, -0.05) is 0 Å². The van der Waals surface area contributed by atoms with E-state index in [1.807, 2.05) is 0 Å². The van der Waals surface area contributed by atoms with E-state index < -0.39 is 58.6 Å². The normalized spacial score (nSPS) is 10.4. The van der Waals surface area contributed by atoms with E-state index in [1.54, 1.807) is 0 Å². The molecule has 77 heavy (non-hydrogen) atoms. The van der Waals surface area contributed by atoms with E-state index in [4.69, 9.17) is 0 Å². The van der Waals surface area contributed by atoms with Gasteiger partial charge in [0.05, 0.1) is 0 Å². The van der Waals surface area contributed by atoms with Gasteiger partial charge in [-0.15, -0.1) is 0 Å². The molecule has 12 aromatic rings. The Kier molecular flexibility index (Phi) is 23.2. The zero-order valence-corrected chi connectivity index (χ0v) is 52.3. The quantitative estimate of drug-likeness (QED) is 0.110. The summed E-state index contributed by atoms with van der Waals surface area (Å²) in [4.78, 5) is 0. The predicted octanol–water partition coefficient (Wildman–Crippen LogP) is 7.74. The second kappa shape index (κ2) is 31.6. The first-order valence-corrected chi connectivity index (χ1v) is 38.5. The van der Waals surface area contributed by atoms with Crippen molar-refractivity contribution in [1.29, 1.82) is 0 Å². The molecule has 4 radical (unpaired) electrons. The van der Waals surface area contributed by atoms with Crippen LogP contribution >= 0.6 is 0 Å². The van der Waals surface area contributed by atoms with Gasteiger partial charge in [-0.05, 0) is 0 Å². The summed E-state index contributed by atoms with van der Waals surface area (Å²) in [7, 11) is 0. The van der Waals surface area contributed by atoms with E-state index in [-0.39, 0.29) is 16.5 Å². The number of rotatable bonds is 12. The summed E-state index contributed by atoms with van der Waals surface area (Å²) in [6.07, 6.45) is 0. The van der Waals surface area contributed by atoms with Crippen LogP contribution < -0.4 is 52.2 Å². The van der Waals surface area contributed by atoms with Crippen molar-refractivity contribution < 1.29 is 16.5 Å². The molecule has 0 saturated carbocycles. The fourth-order valence-corrected chi connectivity index (χ4v) is 30.9. The summed E-state index contributed by atoms with van der Waals surface area (Å²) >= 11 is -6.53. The van der Waals surface area contributed by atoms with E-state index in [1.165, 1.54) is 52.2 Å². The van der Waals surface area contributed by atoms with Crippen molar-refractivity contribution in [3.05, 3.63) is 364 Å². The maximum absolute atomic E-state index is 2.27. The maximum atomic E-state index is 2.27. The number of hydrogen-bond acceptors (Lipinski definition) is 0. The molecule has 382 valence electrons. The fraction of sp³-hybridized carbons (Fsp3) is 0. The van der Waals surface area contributed by atoms with Crippen molar-refractivity contribution in [1.82, 2.24) is 0 Å². The van der Waals surface area contributed by atoms with Gasteiger partial charge in [0.15, 0.2) is 0 Å². The van der Waals surface area contributed by atoms with Crippen LogP contribution in [0.15, 0.2) is 364 Å². The zero-order valence-electron chi connectivity index (χ0n) is 43.0. The summed E-state index contributed by atoms with van der Waals surface area (Å²) in [6.45, 7) is 0. The molecule has 0 saturated heterocycles. The van der Waals surface area contributed by atoms with Crippen LogP contribution in [0.3, 0.4) is 0 Å². The van der Waals surface area contributed by atoms with Gasteiger partial charge in [0.2, 0.25) is 0 Å². The average molecular weight is 1290 g/mol.